The summed E-state index contributed by atoms with van der Waals surface area (Å²) in [4.78, 5) is 11.3. The number of carbonyl (C=O) groups excluding carboxylic acids is 1. The van der Waals surface area contributed by atoms with Crippen molar-refractivity contribution in [3.8, 4) is 0 Å². The van der Waals surface area contributed by atoms with Crippen molar-refractivity contribution < 1.29 is 19.0 Å². The van der Waals surface area contributed by atoms with Crippen LogP contribution in [0, 0.1) is 0 Å². The predicted molar refractivity (Wildman–Crippen MR) is 69.2 cm³/mol. The fraction of sp³-hybridized carbons (Fsp3) is 0.929. The quantitative estimate of drug-likeness (QED) is 0.496. The maximum atomic E-state index is 11.3. The van der Waals surface area contributed by atoms with Crippen LogP contribution in [0.25, 0.3) is 0 Å². The van der Waals surface area contributed by atoms with E-state index in [2.05, 4.69) is 6.92 Å². The molecular weight excluding hydrogens is 232 g/mol. The lowest BCUT2D eigenvalue weighted by Crippen LogP contribution is -2.21. The van der Waals surface area contributed by atoms with Crippen molar-refractivity contribution in [2.75, 3.05) is 13.2 Å². The first-order valence-electron chi connectivity index (χ1n) is 7.01. The predicted octanol–water partition coefficient (Wildman–Crippen LogP) is 3.04. The Bertz CT molecular complexity index is 250. The molecule has 106 valence electrons. The first-order valence-corrected chi connectivity index (χ1v) is 7.01. The second-order valence-corrected chi connectivity index (χ2v) is 5.27. The van der Waals surface area contributed by atoms with Crippen molar-refractivity contribution in [2.24, 2.45) is 0 Å². The van der Waals surface area contributed by atoms with Gasteiger partial charge >= 0.3 is 5.97 Å². The van der Waals surface area contributed by atoms with Gasteiger partial charge in [0.05, 0.1) is 19.3 Å². The van der Waals surface area contributed by atoms with Crippen LogP contribution in [0.2, 0.25) is 0 Å². The van der Waals surface area contributed by atoms with Crippen LogP contribution < -0.4 is 0 Å². The molecule has 0 aliphatic carbocycles. The zero-order chi connectivity index (χ0) is 13.4. The van der Waals surface area contributed by atoms with Crippen LogP contribution in [0.5, 0.6) is 0 Å². The van der Waals surface area contributed by atoms with Crippen LogP contribution in [0.1, 0.15) is 59.3 Å². The van der Waals surface area contributed by atoms with E-state index in [0.29, 0.717) is 19.6 Å². The van der Waals surface area contributed by atoms with Crippen LogP contribution in [0.4, 0.5) is 0 Å². The Morgan fingerprint density at radius 1 is 1.33 bits per heavy atom. The minimum Gasteiger partial charge on any atom is -0.466 e. The summed E-state index contributed by atoms with van der Waals surface area (Å²) in [6.07, 6.45) is 5.50. The Balaban J connectivity index is 1.97. The lowest BCUT2D eigenvalue weighted by molar-refractivity contribution is -0.144. The molecule has 4 nitrogen and oxygen atoms in total. The third-order valence-corrected chi connectivity index (χ3v) is 2.99. The summed E-state index contributed by atoms with van der Waals surface area (Å²) in [7, 11) is 0. The lowest BCUT2D eigenvalue weighted by Gasteiger charge is -2.16. The van der Waals surface area contributed by atoms with Gasteiger partial charge in [-0.25, -0.2) is 0 Å². The summed E-state index contributed by atoms with van der Waals surface area (Å²) in [5, 5.41) is 0. The molecule has 0 bridgehead atoms. The van der Waals surface area contributed by atoms with E-state index in [4.69, 9.17) is 14.2 Å². The third-order valence-electron chi connectivity index (χ3n) is 2.99. The van der Waals surface area contributed by atoms with Gasteiger partial charge in [0.25, 0.3) is 0 Å². The number of unbranched alkanes of at least 4 members (excludes halogenated alkanes) is 2. The SMILES string of the molecule is CCCCOC(=O)CCCCC1COC(C)(C)O1. The summed E-state index contributed by atoms with van der Waals surface area (Å²) in [6.45, 7) is 7.16. The van der Waals surface area contributed by atoms with Crippen molar-refractivity contribution in [2.45, 2.75) is 71.2 Å². The first-order chi connectivity index (χ1) is 8.53. The molecule has 1 unspecified atom stereocenters. The maximum absolute atomic E-state index is 11.3. The second-order valence-electron chi connectivity index (χ2n) is 5.27. The fourth-order valence-electron chi connectivity index (χ4n) is 1.95. The average molecular weight is 258 g/mol. The van der Waals surface area contributed by atoms with Crippen molar-refractivity contribution in [1.29, 1.82) is 0 Å². The van der Waals surface area contributed by atoms with Gasteiger partial charge in [0, 0.05) is 6.42 Å². The van der Waals surface area contributed by atoms with Crippen molar-refractivity contribution in [1.82, 2.24) is 0 Å². The molecule has 1 atom stereocenters. The molecule has 0 aromatic carbocycles. The summed E-state index contributed by atoms with van der Waals surface area (Å²) in [5.74, 6) is -0.517. The lowest BCUT2D eigenvalue weighted by atomic mass is 10.1. The molecule has 0 aromatic rings. The van der Waals surface area contributed by atoms with Gasteiger partial charge in [-0.1, -0.05) is 19.8 Å². The summed E-state index contributed by atoms with van der Waals surface area (Å²) in [5.41, 5.74) is 0. The highest BCUT2D eigenvalue weighted by Crippen LogP contribution is 2.25. The number of ether oxygens (including phenoxy) is 3. The van der Waals surface area contributed by atoms with Crippen LogP contribution in [-0.2, 0) is 19.0 Å². The topological polar surface area (TPSA) is 44.8 Å². The highest BCUT2D eigenvalue weighted by atomic mass is 16.7. The van der Waals surface area contributed by atoms with E-state index in [0.717, 1.165) is 32.1 Å². The molecule has 0 amide bonds. The minimum absolute atomic E-state index is 0.0765. The van der Waals surface area contributed by atoms with E-state index in [1.165, 1.54) is 0 Å². The molecule has 0 spiro atoms. The highest BCUT2D eigenvalue weighted by Gasteiger charge is 2.31. The molecule has 0 saturated carbocycles. The van der Waals surface area contributed by atoms with E-state index in [9.17, 15) is 4.79 Å². The number of hydrogen-bond donors (Lipinski definition) is 0. The summed E-state index contributed by atoms with van der Waals surface area (Å²) < 4.78 is 16.3. The third kappa shape index (κ3) is 6.36. The molecule has 18 heavy (non-hydrogen) atoms. The zero-order valence-electron chi connectivity index (χ0n) is 11.9. The van der Waals surface area contributed by atoms with E-state index in [-0.39, 0.29) is 12.1 Å². The van der Waals surface area contributed by atoms with Crippen LogP contribution in [0.15, 0.2) is 0 Å². The molecule has 0 radical (unpaired) electrons. The van der Waals surface area contributed by atoms with E-state index in [1.807, 2.05) is 13.8 Å². The highest BCUT2D eigenvalue weighted by molar-refractivity contribution is 5.69. The molecule has 1 heterocycles. The van der Waals surface area contributed by atoms with Gasteiger partial charge in [0.1, 0.15) is 0 Å². The van der Waals surface area contributed by atoms with Gasteiger partial charge in [0.15, 0.2) is 5.79 Å². The number of hydrogen-bond acceptors (Lipinski definition) is 4. The van der Waals surface area contributed by atoms with Crippen molar-refractivity contribution in [3.05, 3.63) is 0 Å². The Morgan fingerprint density at radius 3 is 2.72 bits per heavy atom. The van der Waals surface area contributed by atoms with Gasteiger partial charge in [-0.05, 0) is 33.1 Å². The monoisotopic (exact) mass is 258 g/mol. The molecule has 1 aliphatic rings. The Morgan fingerprint density at radius 2 is 2.11 bits per heavy atom. The molecule has 1 saturated heterocycles. The van der Waals surface area contributed by atoms with E-state index < -0.39 is 5.79 Å². The van der Waals surface area contributed by atoms with E-state index >= 15 is 0 Å². The number of esters is 1. The first kappa shape index (κ1) is 15.4. The molecular formula is C14H26O4. The van der Waals surface area contributed by atoms with Crippen molar-refractivity contribution >= 4 is 5.97 Å². The fourth-order valence-corrected chi connectivity index (χ4v) is 1.95. The summed E-state index contributed by atoms with van der Waals surface area (Å²) in [6, 6.07) is 0. The molecule has 0 aromatic heterocycles. The van der Waals surface area contributed by atoms with Crippen molar-refractivity contribution in [3.63, 3.8) is 0 Å². The van der Waals surface area contributed by atoms with Gasteiger partial charge in [0.2, 0.25) is 0 Å². The largest absolute Gasteiger partial charge is 0.466 e. The van der Waals surface area contributed by atoms with Gasteiger partial charge in [-0.3, -0.25) is 4.79 Å². The van der Waals surface area contributed by atoms with Crippen LogP contribution >= 0.6 is 0 Å². The molecule has 1 rings (SSSR count). The number of rotatable bonds is 8. The zero-order valence-corrected chi connectivity index (χ0v) is 11.9. The smallest absolute Gasteiger partial charge is 0.305 e. The second kappa shape index (κ2) is 7.74. The normalized spacial score (nSPS) is 22.1. The molecule has 0 N–H and O–H groups in total. The molecule has 4 heteroatoms. The Hall–Kier alpha value is -0.610. The molecule has 1 aliphatic heterocycles. The van der Waals surface area contributed by atoms with Gasteiger partial charge < -0.3 is 14.2 Å². The standard InChI is InChI=1S/C14H26O4/c1-4-5-10-16-13(15)9-7-6-8-12-11-17-14(2,3)18-12/h12H,4-11H2,1-3H3. The summed E-state index contributed by atoms with van der Waals surface area (Å²) >= 11 is 0. The van der Waals surface area contributed by atoms with Gasteiger partial charge in [-0.15, -0.1) is 0 Å². The number of carbonyl (C=O) groups is 1. The van der Waals surface area contributed by atoms with Crippen LogP contribution in [-0.4, -0.2) is 31.1 Å². The Kier molecular flexibility index (Phi) is 6.65. The maximum Gasteiger partial charge on any atom is 0.305 e. The average Bonchev–Trinajstić information content (AvgIpc) is 2.65. The van der Waals surface area contributed by atoms with E-state index in [1.54, 1.807) is 0 Å². The van der Waals surface area contributed by atoms with Crippen LogP contribution in [0.3, 0.4) is 0 Å². The van der Waals surface area contributed by atoms with Gasteiger partial charge in [-0.2, -0.15) is 0 Å². The minimum atomic E-state index is -0.441. The Labute approximate surface area is 110 Å². The molecule has 1 fully saturated rings.